The van der Waals surface area contributed by atoms with Crippen molar-refractivity contribution in [3.8, 4) is 17.2 Å². The van der Waals surface area contributed by atoms with Gasteiger partial charge in [0.05, 0.1) is 25.8 Å². The van der Waals surface area contributed by atoms with Crippen molar-refractivity contribution in [1.29, 1.82) is 0 Å². The number of carbonyl (C=O) groups is 1. The summed E-state index contributed by atoms with van der Waals surface area (Å²) in [4.78, 5) is 12.5. The fraction of sp³-hybridized carbons (Fsp3) is 0.588. The third-order valence-corrected chi connectivity index (χ3v) is 4.36. The summed E-state index contributed by atoms with van der Waals surface area (Å²) in [6.07, 6.45) is 6.12. The van der Waals surface area contributed by atoms with Gasteiger partial charge in [0, 0.05) is 12.0 Å². The standard InChI is InChI=1S/C17H25BrO4/c1-5-6-7-8-9-10-13(19)12-11-14(20-2)16(21-3)17(22-4)15(12)18/h11H,5-10H2,1-4H3. The lowest BCUT2D eigenvalue weighted by Crippen LogP contribution is -2.04. The Hall–Kier alpha value is -1.23. The molecule has 0 fully saturated rings. The predicted molar refractivity (Wildman–Crippen MR) is 91.5 cm³/mol. The number of halogens is 1. The van der Waals surface area contributed by atoms with Crippen molar-refractivity contribution < 1.29 is 19.0 Å². The van der Waals surface area contributed by atoms with E-state index in [1.54, 1.807) is 27.4 Å². The smallest absolute Gasteiger partial charge is 0.204 e. The van der Waals surface area contributed by atoms with Crippen molar-refractivity contribution in [2.75, 3.05) is 21.3 Å². The second-order valence-electron chi connectivity index (χ2n) is 5.09. The molecule has 0 aromatic heterocycles. The average molecular weight is 373 g/mol. The predicted octanol–water partition coefficient (Wildman–Crippen LogP) is 5.02. The van der Waals surface area contributed by atoms with Gasteiger partial charge in [-0.05, 0) is 28.4 Å². The van der Waals surface area contributed by atoms with Crippen molar-refractivity contribution in [3.05, 3.63) is 16.1 Å². The zero-order chi connectivity index (χ0) is 16.5. The maximum absolute atomic E-state index is 12.5. The third-order valence-electron chi connectivity index (χ3n) is 3.58. The molecule has 0 saturated carbocycles. The summed E-state index contributed by atoms with van der Waals surface area (Å²) in [6.45, 7) is 2.18. The summed E-state index contributed by atoms with van der Waals surface area (Å²) in [5, 5.41) is 0. The summed E-state index contributed by atoms with van der Waals surface area (Å²) < 4.78 is 16.6. The van der Waals surface area contributed by atoms with E-state index in [1.165, 1.54) is 19.3 Å². The molecule has 0 atom stereocenters. The number of unbranched alkanes of at least 4 members (excludes halogenated alkanes) is 4. The van der Waals surface area contributed by atoms with E-state index in [4.69, 9.17) is 14.2 Å². The molecule has 0 saturated heterocycles. The minimum Gasteiger partial charge on any atom is -0.493 e. The highest BCUT2D eigenvalue weighted by atomic mass is 79.9. The van der Waals surface area contributed by atoms with E-state index in [9.17, 15) is 4.79 Å². The van der Waals surface area contributed by atoms with Crippen LogP contribution in [0.4, 0.5) is 0 Å². The average Bonchev–Trinajstić information content (AvgIpc) is 2.53. The van der Waals surface area contributed by atoms with E-state index in [-0.39, 0.29) is 5.78 Å². The second kappa shape index (κ2) is 9.72. The maximum atomic E-state index is 12.5. The molecule has 0 N–H and O–H groups in total. The van der Waals surface area contributed by atoms with E-state index in [1.807, 2.05) is 0 Å². The summed E-state index contributed by atoms with van der Waals surface area (Å²) in [6, 6.07) is 1.71. The molecular weight excluding hydrogens is 348 g/mol. The van der Waals surface area contributed by atoms with Gasteiger partial charge in [0.25, 0.3) is 0 Å². The fourth-order valence-corrected chi connectivity index (χ4v) is 3.03. The minimum absolute atomic E-state index is 0.0858. The van der Waals surface area contributed by atoms with Crippen molar-refractivity contribution in [2.45, 2.75) is 45.4 Å². The van der Waals surface area contributed by atoms with Crippen LogP contribution in [-0.4, -0.2) is 27.1 Å². The first-order chi connectivity index (χ1) is 10.6. The molecule has 0 aliphatic carbocycles. The van der Waals surface area contributed by atoms with Gasteiger partial charge in [-0.1, -0.05) is 32.6 Å². The molecule has 0 amide bonds. The van der Waals surface area contributed by atoms with Crippen molar-refractivity contribution in [2.24, 2.45) is 0 Å². The molecule has 0 aliphatic heterocycles. The first-order valence-corrected chi connectivity index (χ1v) is 8.41. The van der Waals surface area contributed by atoms with Crippen LogP contribution in [0.5, 0.6) is 17.2 Å². The number of hydrogen-bond acceptors (Lipinski definition) is 4. The zero-order valence-electron chi connectivity index (χ0n) is 13.8. The molecule has 22 heavy (non-hydrogen) atoms. The number of rotatable bonds is 10. The van der Waals surface area contributed by atoms with E-state index in [0.717, 1.165) is 12.8 Å². The number of carbonyl (C=O) groups excluding carboxylic acids is 1. The molecule has 5 heteroatoms. The molecule has 1 rings (SSSR count). The Labute approximate surface area is 141 Å². The van der Waals surface area contributed by atoms with Gasteiger partial charge in [-0.3, -0.25) is 4.79 Å². The van der Waals surface area contributed by atoms with E-state index in [0.29, 0.717) is 33.7 Å². The van der Waals surface area contributed by atoms with Gasteiger partial charge in [0.15, 0.2) is 17.3 Å². The van der Waals surface area contributed by atoms with Gasteiger partial charge in [-0.2, -0.15) is 0 Å². The lowest BCUT2D eigenvalue weighted by molar-refractivity contribution is 0.0977. The molecular formula is C17H25BrO4. The lowest BCUT2D eigenvalue weighted by atomic mass is 10.0. The molecule has 0 aliphatic rings. The molecule has 0 spiro atoms. The van der Waals surface area contributed by atoms with Crippen LogP contribution in [0.25, 0.3) is 0 Å². The molecule has 1 aromatic carbocycles. The number of ether oxygens (including phenoxy) is 3. The summed E-state index contributed by atoms with van der Waals surface area (Å²) in [5.41, 5.74) is 0.574. The number of hydrogen-bond donors (Lipinski definition) is 0. The highest BCUT2D eigenvalue weighted by Gasteiger charge is 2.22. The van der Waals surface area contributed by atoms with Crippen LogP contribution in [0.15, 0.2) is 10.5 Å². The van der Waals surface area contributed by atoms with Gasteiger partial charge in [0.1, 0.15) is 0 Å². The van der Waals surface area contributed by atoms with Gasteiger partial charge in [-0.25, -0.2) is 0 Å². The molecule has 124 valence electrons. The van der Waals surface area contributed by atoms with E-state index >= 15 is 0 Å². The van der Waals surface area contributed by atoms with Gasteiger partial charge < -0.3 is 14.2 Å². The first-order valence-electron chi connectivity index (χ1n) is 7.62. The Bertz CT molecular complexity index is 500. The van der Waals surface area contributed by atoms with Crippen molar-refractivity contribution in [3.63, 3.8) is 0 Å². The Kier molecular flexibility index (Phi) is 8.31. The van der Waals surface area contributed by atoms with Gasteiger partial charge >= 0.3 is 0 Å². The second-order valence-corrected chi connectivity index (χ2v) is 5.89. The maximum Gasteiger partial charge on any atom is 0.204 e. The van der Waals surface area contributed by atoms with Crippen molar-refractivity contribution >= 4 is 21.7 Å². The number of ketones is 1. The Morgan fingerprint density at radius 1 is 1.00 bits per heavy atom. The third kappa shape index (κ3) is 4.63. The fourth-order valence-electron chi connectivity index (χ4n) is 2.35. The highest BCUT2D eigenvalue weighted by molar-refractivity contribution is 9.10. The molecule has 0 unspecified atom stereocenters. The number of Topliss-reactive ketones (excluding diaryl/α,β-unsaturated/α-hetero) is 1. The van der Waals surface area contributed by atoms with Gasteiger partial charge in [-0.15, -0.1) is 0 Å². The van der Waals surface area contributed by atoms with Crippen molar-refractivity contribution in [1.82, 2.24) is 0 Å². The summed E-state index contributed by atoms with van der Waals surface area (Å²) in [7, 11) is 4.63. The van der Waals surface area contributed by atoms with Crippen LogP contribution in [-0.2, 0) is 0 Å². The molecule has 0 heterocycles. The molecule has 4 nitrogen and oxygen atoms in total. The molecule has 0 bridgehead atoms. The Balaban J connectivity index is 2.91. The van der Waals surface area contributed by atoms with Crippen LogP contribution in [0.2, 0.25) is 0 Å². The zero-order valence-corrected chi connectivity index (χ0v) is 15.4. The number of benzene rings is 1. The Morgan fingerprint density at radius 2 is 1.64 bits per heavy atom. The number of methoxy groups -OCH3 is 3. The quantitative estimate of drug-likeness (QED) is 0.427. The van der Waals surface area contributed by atoms with E-state index < -0.39 is 0 Å². The minimum atomic E-state index is 0.0858. The highest BCUT2D eigenvalue weighted by Crippen LogP contribution is 2.45. The van der Waals surface area contributed by atoms with Crippen LogP contribution >= 0.6 is 15.9 Å². The van der Waals surface area contributed by atoms with Crippen LogP contribution in [0, 0.1) is 0 Å². The molecule has 0 radical (unpaired) electrons. The van der Waals surface area contributed by atoms with Crippen LogP contribution < -0.4 is 14.2 Å². The first kappa shape index (κ1) is 18.8. The normalized spacial score (nSPS) is 10.4. The van der Waals surface area contributed by atoms with Crippen LogP contribution in [0.1, 0.15) is 55.8 Å². The van der Waals surface area contributed by atoms with Gasteiger partial charge in [0.2, 0.25) is 5.75 Å². The van der Waals surface area contributed by atoms with E-state index in [2.05, 4.69) is 22.9 Å². The summed E-state index contributed by atoms with van der Waals surface area (Å²) in [5.74, 6) is 1.55. The largest absolute Gasteiger partial charge is 0.493 e. The lowest BCUT2D eigenvalue weighted by Gasteiger charge is -2.16. The Morgan fingerprint density at radius 3 is 2.18 bits per heavy atom. The molecule has 1 aromatic rings. The SMILES string of the molecule is CCCCCCCC(=O)c1cc(OC)c(OC)c(OC)c1Br. The topological polar surface area (TPSA) is 44.8 Å². The van der Waals surface area contributed by atoms with Crippen LogP contribution in [0.3, 0.4) is 0 Å². The monoisotopic (exact) mass is 372 g/mol. The summed E-state index contributed by atoms with van der Waals surface area (Å²) >= 11 is 3.45.